The van der Waals surface area contributed by atoms with Crippen LogP contribution in [0.25, 0.3) is 10.9 Å². The van der Waals surface area contributed by atoms with E-state index in [2.05, 4.69) is 9.97 Å². The molecule has 4 rings (SSSR count). The SMILES string of the molecule is Cc1cc(N2CCCC2c2nc3ccccc3c(=O)n2CC(F)(F)F)ccn1. The number of para-hydroxylation sites is 1. The fraction of sp³-hybridized carbons (Fsp3) is 0.350. The maximum Gasteiger partial charge on any atom is 0.406 e. The van der Waals surface area contributed by atoms with E-state index in [1.165, 1.54) is 6.07 Å². The summed E-state index contributed by atoms with van der Waals surface area (Å²) < 4.78 is 40.5. The Labute approximate surface area is 159 Å². The normalized spacial score (nSPS) is 17.4. The van der Waals surface area contributed by atoms with E-state index in [9.17, 15) is 18.0 Å². The van der Waals surface area contributed by atoms with E-state index in [4.69, 9.17) is 0 Å². The third-order valence-corrected chi connectivity index (χ3v) is 4.99. The first-order chi connectivity index (χ1) is 13.3. The van der Waals surface area contributed by atoms with Crippen molar-refractivity contribution in [3.63, 3.8) is 0 Å². The van der Waals surface area contributed by atoms with Gasteiger partial charge in [0, 0.05) is 24.1 Å². The molecule has 1 atom stereocenters. The molecule has 28 heavy (non-hydrogen) atoms. The number of pyridine rings is 1. The fourth-order valence-electron chi connectivity index (χ4n) is 3.83. The van der Waals surface area contributed by atoms with Gasteiger partial charge in [0.25, 0.3) is 5.56 Å². The Hall–Kier alpha value is -2.90. The molecule has 2 aromatic heterocycles. The standard InChI is InChI=1S/C20H19F3N4O/c1-13-11-14(8-9-24-13)26-10-4-7-17(26)18-25-16-6-3-2-5-15(16)19(28)27(18)12-20(21,22)23/h2-3,5-6,8-9,11,17H,4,7,10,12H2,1H3. The minimum atomic E-state index is -4.51. The molecule has 0 spiro atoms. The summed E-state index contributed by atoms with van der Waals surface area (Å²) in [6.07, 6.45) is -1.40. The van der Waals surface area contributed by atoms with Gasteiger partial charge in [-0.1, -0.05) is 12.1 Å². The monoisotopic (exact) mass is 388 g/mol. The van der Waals surface area contributed by atoms with Crippen LogP contribution in [0.2, 0.25) is 0 Å². The van der Waals surface area contributed by atoms with Crippen LogP contribution in [0.1, 0.15) is 30.4 Å². The van der Waals surface area contributed by atoms with Crippen LogP contribution < -0.4 is 10.5 Å². The molecule has 5 nitrogen and oxygen atoms in total. The number of hydrogen-bond donors (Lipinski definition) is 0. The second kappa shape index (κ2) is 6.92. The number of fused-ring (bicyclic) bond motifs is 1. The van der Waals surface area contributed by atoms with Crippen LogP contribution in [-0.2, 0) is 6.54 Å². The Morgan fingerprint density at radius 1 is 1.21 bits per heavy atom. The quantitative estimate of drug-likeness (QED) is 0.681. The average molecular weight is 388 g/mol. The van der Waals surface area contributed by atoms with Crippen LogP contribution in [0.4, 0.5) is 18.9 Å². The highest BCUT2D eigenvalue weighted by Crippen LogP contribution is 2.36. The van der Waals surface area contributed by atoms with E-state index in [0.29, 0.717) is 18.5 Å². The first-order valence-corrected chi connectivity index (χ1v) is 9.09. The molecule has 1 aliphatic heterocycles. The molecule has 0 amide bonds. The number of hydrogen-bond acceptors (Lipinski definition) is 4. The molecule has 1 saturated heterocycles. The number of halogens is 3. The van der Waals surface area contributed by atoms with Crippen molar-refractivity contribution >= 4 is 16.6 Å². The molecule has 3 aromatic rings. The summed E-state index contributed by atoms with van der Waals surface area (Å²) in [5, 5.41) is 0.194. The largest absolute Gasteiger partial charge is 0.406 e. The molecule has 0 N–H and O–H groups in total. The number of aryl methyl sites for hydroxylation is 1. The van der Waals surface area contributed by atoms with E-state index in [1.807, 2.05) is 24.0 Å². The molecule has 1 fully saturated rings. The Morgan fingerprint density at radius 2 is 2.00 bits per heavy atom. The fourth-order valence-corrected chi connectivity index (χ4v) is 3.83. The van der Waals surface area contributed by atoms with E-state index in [1.54, 1.807) is 24.4 Å². The van der Waals surface area contributed by atoms with Gasteiger partial charge in [-0.05, 0) is 44.0 Å². The summed E-state index contributed by atoms with van der Waals surface area (Å²) in [6, 6.07) is 9.86. The summed E-state index contributed by atoms with van der Waals surface area (Å²) in [4.78, 5) is 23.6. The number of anilines is 1. The number of alkyl halides is 3. The molecule has 1 unspecified atom stereocenters. The van der Waals surface area contributed by atoms with Gasteiger partial charge in [0.05, 0.1) is 16.9 Å². The molecule has 0 aliphatic carbocycles. The van der Waals surface area contributed by atoms with E-state index in [-0.39, 0.29) is 11.2 Å². The minimum Gasteiger partial charge on any atom is -0.361 e. The van der Waals surface area contributed by atoms with Crippen LogP contribution in [0.15, 0.2) is 47.4 Å². The van der Waals surface area contributed by atoms with Crippen molar-refractivity contribution in [3.05, 3.63) is 64.5 Å². The van der Waals surface area contributed by atoms with Gasteiger partial charge in [-0.2, -0.15) is 13.2 Å². The van der Waals surface area contributed by atoms with E-state index < -0.39 is 24.3 Å². The lowest BCUT2D eigenvalue weighted by atomic mass is 10.1. The minimum absolute atomic E-state index is 0.160. The van der Waals surface area contributed by atoms with Crippen LogP contribution >= 0.6 is 0 Å². The van der Waals surface area contributed by atoms with Crippen LogP contribution in [0.3, 0.4) is 0 Å². The molecular weight excluding hydrogens is 369 g/mol. The first kappa shape index (κ1) is 18.5. The number of aromatic nitrogens is 3. The predicted octanol–water partition coefficient (Wildman–Crippen LogP) is 4.00. The molecular formula is C20H19F3N4O. The summed E-state index contributed by atoms with van der Waals surface area (Å²) >= 11 is 0. The zero-order valence-electron chi connectivity index (χ0n) is 15.3. The Morgan fingerprint density at radius 3 is 2.75 bits per heavy atom. The lowest BCUT2D eigenvalue weighted by Gasteiger charge is -2.28. The Balaban J connectivity index is 1.88. The molecule has 146 valence electrons. The van der Waals surface area contributed by atoms with Gasteiger partial charge in [0.15, 0.2) is 0 Å². The van der Waals surface area contributed by atoms with Gasteiger partial charge < -0.3 is 4.90 Å². The zero-order valence-corrected chi connectivity index (χ0v) is 15.3. The third-order valence-electron chi connectivity index (χ3n) is 4.99. The number of benzene rings is 1. The highest BCUT2D eigenvalue weighted by atomic mass is 19.4. The predicted molar refractivity (Wildman–Crippen MR) is 100 cm³/mol. The number of rotatable bonds is 3. The van der Waals surface area contributed by atoms with Crippen molar-refractivity contribution in [3.8, 4) is 0 Å². The Kier molecular flexibility index (Phi) is 4.56. The van der Waals surface area contributed by atoms with Crippen LogP contribution in [0, 0.1) is 6.92 Å². The highest BCUT2D eigenvalue weighted by molar-refractivity contribution is 5.77. The lowest BCUT2D eigenvalue weighted by Crippen LogP contribution is -2.35. The van der Waals surface area contributed by atoms with Crippen molar-refractivity contribution in [2.45, 2.75) is 38.5 Å². The van der Waals surface area contributed by atoms with Gasteiger partial charge in [-0.3, -0.25) is 14.3 Å². The van der Waals surface area contributed by atoms with Crippen molar-refractivity contribution in [1.82, 2.24) is 14.5 Å². The summed E-state index contributed by atoms with van der Waals surface area (Å²) in [7, 11) is 0. The van der Waals surface area contributed by atoms with Gasteiger partial charge >= 0.3 is 6.18 Å². The molecule has 3 heterocycles. The molecule has 1 aliphatic rings. The van der Waals surface area contributed by atoms with Crippen LogP contribution in [-0.4, -0.2) is 27.3 Å². The summed E-state index contributed by atoms with van der Waals surface area (Å²) in [6.45, 7) is 1.20. The van der Waals surface area contributed by atoms with Gasteiger partial charge in [-0.15, -0.1) is 0 Å². The second-order valence-corrected chi connectivity index (χ2v) is 7.00. The van der Waals surface area contributed by atoms with E-state index >= 15 is 0 Å². The maximum absolute atomic E-state index is 13.3. The smallest absolute Gasteiger partial charge is 0.361 e. The van der Waals surface area contributed by atoms with Gasteiger partial charge in [0.1, 0.15) is 12.4 Å². The van der Waals surface area contributed by atoms with Crippen molar-refractivity contribution in [2.75, 3.05) is 11.4 Å². The molecule has 0 saturated carbocycles. The topological polar surface area (TPSA) is 51.0 Å². The Bertz CT molecular complexity index is 1080. The molecule has 8 heteroatoms. The van der Waals surface area contributed by atoms with Crippen molar-refractivity contribution in [1.29, 1.82) is 0 Å². The van der Waals surface area contributed by atoms with Gasteiger partial charge in [-0.25, -0.2) is 4.98 Å². The maximum atomic E-state index is 13.3. The molecule has 0 radical (unpaired) electrons. The number of nitrogens with zero attached hydrogens (tertiary/aromatic N) is 4. The highest BCUT2D eigenvalue weighted by Gasteiger charge is 2.35. The second-order valence-electron chi connectivity index (χ2n) is 7.00. The summed E-state index contributed by atoms with van der Waals surface area (Å²) in [5.74, 6) is 0.160. The third kappa shape index (κ3) is 3.46. The van der Waals surface area contributed by atoms with Crippen molar-refractivity contribution in [2.24, 2.45) is 0 Å². The molecule has 0 bridgehead atoms. The van der Waals surface area contributed by atoms with Gasteiger partial charge in [0.2, 0.25) is 0 Å². The average Bonchev–Trinajstić information content (AvgIpc) is 3.12. The lowest BCUT2D eigenvalue weighted by molar-refractivity contribution is -0.141. The van der Waals surface area contributed by atoms with Crippen molar-refractivity contribution < 1.29 is 13.2 Å². The van der Waals surface area contributed by atoms with E-state index in [0.717, 1.165) is 22.4 Å². The van der Waals surface area contributed by atoms with Crippen LogP contribution in [0.5, 0.6) is 0 Å². The zero-order chi connectivity index (χ0) is 19.9. The summed E-state index contributed by atoms with van der Waals surface area (Å²) in [5.41, 5.74) is 1.45. The first-order valence-electron chi connectivity index (χ1n) is 9.09. The molecule has 1 aromatic carbocycles.